The Kier molecular flexibility index (Phi) is 9.80. The normalized spacial score (nSPS) is 17.3. The maximum atomic E-state index is 12.5. The van der Waals surface area contributed by atoms with Crippen LogP contribution in [0.3, 0.4) is 0 Å². The molecule has 1 amide bonds. The first kappa shape index (κ1) is 21.3. The van der Waals surface area contributed by atoms with E-state index in [1.54, 1.807) is 7.05 Å². The number of carbonyl (C=O) groups is 1. The predicted molar refractivity (Wildman–Crippen MR) is 94.9 cm³/mol. The van der Waals surface area contributed by atoms with Crippen LogP contribution in [-0.2, 0) is 19.7 Å². The second kappa shape index (κ2) is 11.0. The minimum absolute atomic E-state index is 0.0304. The first-order valence-electron chi connectivity index (χ1n) is 9.00. The maximum Gasteiger partial charge on any atom is 0.281 e. The van der Waals surface area contributed by atoms with Gasteiger partial charge in [-0.15, -0.1) is 0 Å². The molecule has 0 radical (unpaired) electrons. The fourth-order valence-corrected chi connectivity index (χ4v) is 4.14. The second-order valence-electron chi connectivity index (χ2n) is 6.20. The molecule has 142 valence electrons. The second-order valence-corrected chi connectivity index (χ2v) is 8.23. The average molecular weight is 364 g/mol. The van der Waals surface area contributed by atoms with E-state index in [9.17, 15) is 13.2 Å². The molecule has 1 fully saturated rings. The van der Waals surface area contributed by atoms with E-state index in [-0.39, 0.29) is 11.8 Å². The molecule has 0 unspecified atom stereocenters. The minimum atomic E-state index is -3.39. The van der Waals surface area contributed by atoms with E-state index in [0.717, 1.165) is 19.3 Å². The largest absolute Gasteiger partial charge is 0.382 e. The van der Waals surface area contributed by atoms with Crippen molar-refractivity contribution in [2.45, 2.75) is 46.0 Å². The van der Waals surface area contributed by atoms with E-state index in [4.69, 9.17) is 4.74 Å². The van der Waals surface area contributed by atoms with Crippen molar-refractivity contribution >= 4 is 16.1 Å². The van der Waals surface area contributed by atoms with Crippen molar-refractivity contribution in [1.29, 1.82) is 0 Å². The summed E-state index contributed by atoms with van der Waals surface area (Å²) >= 11 is 0. The Balaban J connectivity index is 2.36. The number of piperidine rings is 1. The first-order chi connectivity index (χ1) is 11.4. The molecule has 1 rings (SSSR count). The summed E-state index contributed by atoms with van der Waals surface area (Å²) in [5, 5.41) is 2.92. The summed E-state index contributed by atoms with van der Waals surface area (Å²) < 4.78 is 33.1. The number of unbranched alkanes of at least 4 members (excludes halogenated alkanes) is 1. The third-order valence-corrected chi connectivity index (χ3v) is 6.33. The van der Waals surface area contributed by atoms with Crippen LogP contribution in [-0.4, -0.2) is 69.4 Å². The van der Waals surface area contributed by atoms with Crippen LogP contribution in [0, 0.1) is 5.92 Å². The molecule has 0 aromatic heterocycles. The van der Waals surface area contributed by atoms with E-state index in [0.29, 0.717) is 52.2 Å². The summed E-state index contributed by atoms with van der Waals surface area (Å²) in [5.41, 5.74) is 0. The molecule has 24 heavy (non-hydrogen) atoms. The highest BCUT2D eigenvalue weighted by Gasteiger charge is 2.32. The lowest BCUT2D eigenvalue weighted by Crippen LogP contribution is -2.48. The van der Waals surface area contributed by atoms with Crippen LogP contribution in [0.15, 0.2) is 0 Å². The van der Waals surface area contributed by atoms with Crippen LogP contribution in [0.5, 0.6) is 0 Å². The monoisotopic (exact) mass is 363 g/mol. The molecule has 0 saturated carbocycles. The Morgan fingerprint density at radius 1 is 1.25 bits per heavy atom. The fraction of sp³-hybridized carbons (Fsp3) is 0.938. The van der Waals surface area contributed by atoms with Gasteiger partial charge >= 0.3 is 0 Å². The highest BCUT2D eigenvalue weighted by atomic mass is 32.2. The van der Waals surface area contributed by atoms with E-state index in [1.165, 1.54) is 8.61 Å². The summed E-state index contributed by atoms with van der Waals surface area (Å²) in [6.07, 6.45) is 3.78. The van der Waals surface area contributed by atoms with Crippen LogP contribution in [0.4, 0.5) is 0 Å². The molecule has 0 bridgehead atoms. The standard InChI is InChI=1S/C16H33N3O4S/c1-4-6-11-18(3)24(21,22)19-12-8-15(9-13-19)16(20)17-10-7-14-23-5-2/h15H,4-14H2,1-3H3,(H,17,20). The lowest BCUT2D eigenvalue weighted by molar-refractivity contribution is -0.126. The summed E-state index contributed by atoms with van der Waals surface area (Å²) in [4.78, 5) is 12.1. The van der Waals surface area contributed by atoms with E-state index >= 15 is 0 Å². The Hall–Kier alpha value is -0.700. The van der Waals surface area contributed by atoms with Gasteiger partial charge in [-0.25, -0.2) is 0 Å². The molecular weight excluding hydrogens is 330 g/mol. The summed E-state index contributed by atoms with van der Waals surface area (Å²) in [7, 11) is -1.77. The third kappa shape index (κ3) is 6.66. The zero-order chi connectivity index (χ0) is 18.0. The van der Waals surface area contributed by atoms with Crippen LogP contribution in [0.25, 0.3) is 0 Å². The Morgan fingerprint density at radius 2 is 1.92 bits per heavy atom. The summed E-state index contributed by atoms with van der Waals surface area (Å²) in [6.45, 7) is 7.30. The van der Waals surface area contributed by atoms with Crippen molar-refractivity contribution in [3.8, 4) is 0 Å². The van der Waals surface area contributed by atoms with Gasteiger partial charge in [0.1, 0.15) is 0 Å². The molecule has 1 heterocycles. The number of nitrogens with one attached hydrogen (secondary N) is 1. The lowest BCUT2D eigenvalue weighted by atomic mass is 9.97. The SMILES string of the molecule is CCCCN(C)S(=O)(=O)N1CCC(C(=O)NCCCOCC)CC1. The molecule has 0 aliphatic carbocycles. The van der Waals surface area contributed by atoms with Crippen LogP contribution < -0.4 is 5.32 Å². The van der Waals surface area contributed by atoms with Gasteiger partial charge in [-0.05, 0) is 32.6 Å². The smallest absolute Gasteiger partial charge is 0.281 e. The van der Waals surface area contributed by atoms with Crippen LogP contribution >= 0.6 is 0 Å². The first-order valence-corrected chi connectivity index (χ1v) is 10.4. The number of nitrogens with zero attached hydrogens (tertiary/aromatic N) is 2. The molecule has 1 N–H and O–H groups in total. The van der Waals surface area contributed by atoms with Gasteiger partial charge in [0, 0.05) is 52.4 Å². The summed E-state index contributed by atoms with van der Waals surface area (Å²) in [6, 6.07) is 0. The number of hydrogen-bond acceptors (Lipinski definition) is 4. The molecule has 1 aliphatic heterocycles. The van der Waals surface area contributed by atoms with Gasteiger partial charge in [0.25, 0.3) is 10.2 Å². The molecule has 0 spiro atoms. The number of rotatable bonds is 11. The van der Waals surface area contributed by atoms with Crippen LogP contribution in [0.2, 0.25) is 0 Å². The highest BCUT2D eigenvalue weighted by Crippen LogP contribution is 2.21. The van der Waals surface area contributed by atoms with Crippen molar-refractivity contribution in [3.63, 3.8) is 0 Å². The van der Waals surface area contributed by atoms with Crippen molar-refractivity contribution in [3.05, 3.63) is 0 Å². The zero-order valence-electron chi connectivity index (χ0n) is 15.3. The van der Waals surface area contributed by atoms with Gasteiger partial charge in [0.15, 0.2) is 0 Å². The third-order valence-electron chi connectivity index (χ3n) is 4.34. The minimum Gasteiger partial charge on any atom is -0.382 e. The van der Waals surface area contributed by atoms with Crippen molar-refractivity contribution in [1.82, 2.24) is 13.9 Å². The Morgan fingerprint density at radius 3 is 2.50 bits per heavy atom. The fourth-order valence-electron chi connectivity index (χ4n) is 2.72. The molecule has 7 nitrogen and oxygen atoms in total. The molecule has 8 heteroatoms. The van der Waals surface area contributed by atoms with E-state index in [2.05, 4.69) is 5.32 Å². The van der Waals surface area contributed by atoms with Gasteiger partial charge in [0.2, 0.25) is 5.91 Å². The number of amides is 1. The lowest BCUT2D eigenvalue weighted by Gasteiger charge is -2.33. The Labute approximate surface area is 146 Å². The van der Waals surface area contributed by atoms with Gasteiger partial charge in [-0.2, -0.15) is 17.0 Å². The van der Waals surface area contributed by atoms with Crippen molar-refractivity contribution in [2.24, 2.45) is 5.92 Å². The predicted octanol–water partition coefficient (Wildman–Crippen LogP) is 1.22. The molecule has 0 aromatic rings. The topological polar surface area (TPSA) is 79.0 Å². The molecular formula is C16H33N3O4S. The Bertz CT molecular complexity index is 462. The molecule has 0 aromatic carbocycles. The highest BCUT2D eigenvalue weighted by molar-refractivity contribution is 7.86. The molecule has 1 saturated heterocycles. The van der Waals surface area contributed by atoms with E-state index in [1.807, 2.05) is 13.8 Å². The number of ether oxygens (including phenoxy) is 1. The number of carbonyl (C=O) groups excluding carboxylic acids is 1. The van der Waals surface area contributed by atoms with Gasteiger partial charge in [-0.1, -0.05) is 13.3 Å². The maximum absolute atomic E-state index is 12.5. The molecule has 1 aliphatic rings. The zero-order valence-corrected chi connectivity index (χ0v) is 16.1. The summed E-state index contributed by atoms with van der Waals surface area (Å²) in [5.74, 6) is -0.0626. The van der Waals surface area contributed by atoms with Gasteiger partial charge in [0.05, 0.1) is 0 Å². The number of hydrogen-bond donors (Lipinski definition) is 1. The van der Waals surface area contributed by atoms with Crippen molar-refractivity contribution < 1.29 is 17.9 Å². The van der Waals surface area contributed by atoms with Gasteiger partial charge < -0.3 is 10.1 Å². The van der Waals surface area contributed by atoms with E-state index < -0.39 is 10.2 Å². The molecule has 0 atom stereocenters. The van der Waals surface area contributed by atoms with Crippen molar-refractivity contribution in [2.75, 3.05) is 46.4 Å². The van der Waals surface area contributed by atoms with Crippen LogP contribution in [0.1, 0.15) is 46.0 Å². The quantitative estimate of drug-likeness (QED) is 0.560. The average Bonchev–Trinajstić information content (AvgIpc) is 2.59. The van der Waals surface area contributed by atoms with Gasteiger partial charge in [-0.3, -0.25) is 4.79 Å².